The molecule has 0 atom stereocenters. The van der Waals surface area contributed by atoms with Crippen molar-refractivity contribution in [1.82, 2.24) is 10.6 Å². The lowest BCUT2D eigenvalue weighted by Gasteiger charge is -2.04. The molecule has 0 heterocycles. The van der Waals surface area contributed by atoms with Gasteiger partial charge in [-0.25, -0.2) is 4.79 Å². The maximum Gasteiger partial charge on any atom is 0.314 e. The number of thiol groups is 1. The molecule has 0 bridgehead atoms. The van der Waals surface area contributed by atoms with Crippen LogP contribution in [0.3, 0.4) is 0 Å². The molecule has 5 heteroatoms. The van der Waals surface area contributed by atoms with Crippen molar-refractivity contribution in [2.24, 2.45) is 0 Å². The maximum atomic E-state index is 10.8. The van der Waals surface area contributed by atoms with Crippen molar-refractivity contribution < 1.29 is 9.53 Å². The zero-order valence-corrected chi connectivity index (χ0v) is 7.49. The van der Waals surface area contributed by atoms with Crippen molar-refractivity contribution in [3.05, 3.63) is 0 Å². The lowest BCUT2D eigenvalue weighted by atomic mass is 10.6. The largest absolute Gasteiger partial charge is 0.383 e. The first-order valence-corrected chi connectivity index (χ1v) is 4.06. The molecule has 0 saturated heterocycles. The van der Waals surface area contributed by atoms with Gasteiger partial charge in [0.15, 0.2) is 0 Å². The normalized spacial score (nSPS) is 9.27. The van der Waals surface area contributed by atoms with Gasteiger partial charge in [0, 0.05) is 26.0 Å². The van der Waals surface area contributed by atoms with Crippen LogP contribution in [0, 0.1) is 0 Å². The Morgan fingerprint density at radius 1 is 1.45 bits per heavy atom. The number of methoxy groups -OCH3 is 1. The van der Waals surface area contributed by atoms with Crippen LogP contribution in [0.15, 0.2) is 0 Å². The first-order chi connectivity index (χ1) is 5.31. The number of amides is 2. The molecule has 0 spiro atoms. The van der Waals surface area contributed by atoms with E-state index in [2.05, 4.69) is 23.3 Å². The fourth-order valence-electron chi connectivity index (χ4n) is 0.499. The van der Waals surface area contributed by atoms with Crippen molar-refractivity contribution in [3.63, 3.8) is 0 Å². The van der Waals surface area contributed by atoms with E-state index in [0.717, 1.165) is 0 Å². The van der Waals surface area contributed by atoms with E-state index in [1.807, 2.05) is 0 Å². The Balaban J connectivity index is 3.09. The zero-order valence-electron chi connectivity index (χ0n) is 6.59. The van der Waals surface area contributed by atoms with E-state index in [0.29, 0.717) is 25.4 Å². The van der Waals surface area contributed by atoms with Crippen molar-refractivity contribution in [2.45, 2.75) is 0 Å². The molecule has 11 heavy (non-hydrogen) atoms. The van der Waals surface area contributed by atoms with Crippen LogP contribution in [0.2, 0.25) is 0 Å². The van der Waals surface area contributed by atoms with Crippen LogP contribution in [0.4, 0.5) is 4.79 Å². The Morgan fingerprint density at radius 2 is 2.09 bits per heavy atom. The van der Waals surface area contributed by atoms with Crippen LogP contribution >= 0.6 is 12.6 Å². The third-order valence-corrected chi connectivity index (χ3v) is 1.21. The molecule has 2 amide bonds. The van der Waals surface area contributed by atoms with Crippen LogP contribution in [-0.2, 0) is 4.74 Å². The molecular weight excluding hydrogens is 164 g/mol. The van der Waals surface area contributed by atoms with E-state index < -0.39 is 0 Å². The summed E-state index contributed by atoms with van der Waals surface area (Å²) in [6, 6.07) is -0.170. The zero-order chi connectivity index (χ0) is 8.53. The summed E-state index contributed by atoms with van der Waals surface area (Å²) in [6.07, 6.45) is 0. The number of hydrogen-bond donors (Lipinski definition) is 3. The molecule has 0 aliphatic carbocycles. The van der Waals surface area contributed by atoms with Gasteiger partial charge < -0.3 is 15.4 Å². The predicted octanol–water partition coefficient (Wildman–Crippen LogP) is -0.138. The predicted molar refractivity (Wildman–Crippen MR) is 47.1 cm³/mol. The van der Waals surface area contributed by atoms with E-state index in [9.17, 15) is 4.79 Å². The average molecular weight is 178 g/mol. The van der Waals surface area contributed by atoms with Gasteiger partial charge in [-0.2, -0.15) is 12.6 Å². The number of urea groups is 1. The van der Waals surface area contributed by atoms with Gasteiger partial charge >= 0.3 is 6.03 Å². The van der Waals surface area contributed by atoms with Crippen molar-refractivity contribution >= 4 is 18.7 Å². The van der Waals surface area contributed by atoms with Crippen molar-refractivity contribution in [3.8, 4) is 0 Å². The molecule has 0 radical (unpaired) electrons. The van der Waals surface area contributed by atoms with Gasteiger partial charge in [-0.15, -0.1) is 0 Å². The van der Waals surface area contributed by atoms with Gasteiger partial charge in [0.2, 0.25) is 0 Å². The first-order valence-electron chi connectivity index (χ1n) is 3.42. The monoisotopic (exact) mass is 178 g/mol. The molecule has 0 aromatic rings. The van der Waals surface area contributed by atoms with E-state index >= 15 is 0 Å². The highest BCUT2D eigenvalue weighted by Crippen LogP contribution is 1.70. The number of nitrogens with one attached hydrogen (secondary N) is 2. The maximum absolute atomic E-state index is 10.8. The highest BCUT2D eigenvalue weighted by Gasteiger charge is 1.95. The van der Waals surface area contributed by atoms with Gasteiger partial charge in [0.05, 0.1) is 6.61 Å². The third kappa shape index (κ3) is 7.48. The third-order valence-electron chi connectivity index (χ3n) is 0.989. The lowest BCUT2D eigenvalue weighted by Crippen LogP contribution is -2.38. The molecule has 0 aromatic heterocycles. The Kier molecular flexibility index (Phi) is 7.39. The number of carbonyl (C=O) groups excluding carboxylic acids is 1. The standard InChI is InChI=1S/C6H14N2O2S/c1-10-4-2-7-6(9)8-3-5-11/h11H,2-5H2,1H3,(H2,7,8,9). The fraction of sp³-hybridized carbons (Fsp3) is 0.833. The van der Waals surface area contributed by atoms with E-state index in [1.54, 1.807) is 7.11 Å². The second-order valence-electron chi connectivity index (χ2n) is 1.90. The molecule has 0 fully saturated rings. The Hall–Kier alpha value is -0.420. The summed E-state index contributed by atoms with van der Waals surface area (Å²) < 4.78 is 4.74. The number of hydrogen-bond acceptors (Lipinski definition) is 3. The Morgan fingerprint density at radius 3 is 2.64 bits per heavy atom. The van der Waals surface area contributed by atoms with Gasteiger partial charge in [-0.05, 0) is 0 Å². The van der Waals surface area contributed by atoms with Crippen LogP contribution < -0.4 is 10.6 Å². The quantitative estimate of drug-likeness (QED) is 0.405. The Labute approximate surface area is 72.1 Å². The van der Waals surface area contributed by atoms with Crippen LogP contribution in [0.1, 0.15) is 0 Å². The molecule has 2 N–H and O–H groups in total. The topological polar surface area (TPSA) is 50.4 Å². The molecule has 0 aromatic carbocycles. The molecule has 66 valence electrons. The molecule has 0 aliphatic heterocycles. The van der Waals surface area contributed by atoms with Crippen LogP contribution in [0.25, 0.3) is 0 Å². The second-order valence-corrected chi connectivity index (χ2v) is 2.35. The van der Waals surface area contributed by atoms with Crippen molar-refractivity contribution in [2.75, 3.05) is 32.6 Å². The lowest BCUT2D eigenvalue weighted by molar-refractivity contribution is 0.196. The first kappa shape index (κ1) is 10.6. The summed E-state index contributed by atoms with van der Waals surface area (Å²) in [6.45, 7) is 1.66. The van der Waals surface area contributed by atoms with Crippen LogP contribution in [0.5, 0.6) is 0 Å². The number of carbonyl (C=O) groups is 1. The molecule has 0 aliphatic rings. The summed E-state index contributed by atoms with van der Waals surface area (Å²) in [5.74, 6) is 0.650. The SMILES string of the molecule is COCCNC(=O)NCCS. The van der Waals surface area contributed by atoms with Gasteiger partial charge in [0.1, 0.15) is 0 Å². The minimum Gasteiger partial charge on any atom is -0.383 e. The molecule has 0 saturated carbocycles. The number of rotatable bonds is 5. The minimum absolute atomic E-state index is 0.170. The minimum atomic E-state index is -0.170. The van der Waals surface area contributed by atoms with Crippen LogP contribution in [-0.4, -0.2) is 38.6 Å². The van der Waals surface area contributed by atoms with Gasteiger partial charge in [-0.1, -0.05) is 0 Å². The van der Waals surface area contributed by atoms with Gasteiger partial charge in [-0.3, -0.25) is 0 Å². The highest BCUT2D eigenvalue weighted by molar-refractivity contribution is 7.80. The fourth-order valence-corrected chi connectivity index (χ4v) is 0.610. The molecular formula is C6H14N2O2S. The van der Waals surface area contributed by atoms with Gasteiger partial charge in [0.25, 0.3) is 0 Å². The van der Waals surface area contributed by atoms with E-state index in [-0.39, 0.29) is 6.03 Å². The van der Waals surface area contributed by atoms with E-state index in [4.69, 9.17) is 4.74 Å². The van der Waals surface area contributed by atoms with Crippen molar-refractivity contribution in [1.29, 1.82) is 0 Å². The van der Waals surface area contributed by atoms with E-state index in [1.165, 1.54) is 0 Å². The summed E-state index contributed by atoms with van der Waals surface area (Å²) in [7, 11) is 1.59. The molecule has 0 unspecified atom stereocenters. The summed E-state index contributed by atoms with van der Waals surface area (Å²) in [5, 5.41) is 5.22. The second kappa shape index (κ2) is 7.68. The summed E-state index contributed by atoms with van der Waals surface area (Å²) >= 11 is 3.94. The summed E-state index contributed by atoms with van der Waals surface area (Å²) in [4.78, 5) is 10.8. The smallest absolute Gasteiger partial charge is 0.314 e. The summed E-state index contributed by atoms with van der Waals surface area (Å²) in [5.41, 5.74) is 0. The number of ether oxygens (including phenoxy) is 1. The Bertz CT molecular complexity index is 111. The molecule has 4 nitrogen and oxygen atoms in total. The molecule has 0 rings (SSSR count). The highest BCUT2D eigenvalue weighted by atomic mass is 32.1. The average Bonchev–Trinajstić information content (AvgIpc) is 2.01.